The lowest BCUT2D eigenvalue weighted by Gasteiger charge is -2.44. The highest BCUT2D eigenvalue weighted by atomic mass is 35.5. The second kappa shape index (κ2) is 9.84. The molecule has 0 amide bonds. The maximum atomic E-state index is 10.1. The third-order valence-electron chi connectivity index (χ3n) is 6.35. The summed E-state index contributed by atoms with van der Waals surface area (Å²) < 4.78 is 5.49. The summed E-state index contributed by atoms with van der Waals surface area (Å²) >= 11 is 7.65. The van der Waals surface area contributed by atoms with Gasteiger partial charge in [-0.05, 0) is 38.2 Å². The molecule has 0 aromatic carbocycles. The maximum absolute atomic E-state index is 10.1. The first-order valence-corrected chi connectivity index (χ1v) is 12.0. The molecule has 0 radical (unpaired) electrons. The predicted molar refractivity (Wildman–Crippen MR) is 128 cm³/mol. The van der Waals surface area contributed by atoms with Crippen LogP contribution in [0, 0.1) is 12.3 Å². The van der Waals surface area contributed by atoms with Crippen molar-refractivity contribution in [3.05, 3.63) is 47.0 Å². The number of aliphatic hydroxyl groups is 1. The van der Waals surface area contributed by atoms with E-state index in [1.165, 1.54) is 18.2 Å². The van der Waals surface area contributed by atoms with Crippen LogP contribution in [0.5, 0.6) is 0 Å². The average Bonchev–Trinajstić information content (AvgIpc) is 3.31. The second-order valence-corrected chi connectivity index (χ2v) is 9.84. The molecule has 0 aliphatic carbocycles. The van der Waals surface area contributed by atoms with E-state index in [2.05, 4.69) is 21.8 Å². The second-order valence-electron chi connectivity index (χ2n) is 8.44. The Morgan fingerprint density at radius 2 is 2.09 bits per heavy atom. The molecule has 176 valence electrons. The summed E-state index contributed by atoms with van der Waals surface area (Å²) in [5, 5.41) is 11.1. The van der Waals surface area contributed by atoms with Crippen molar-refractivity contribution in [3.63, 3.8) is 0 Å². The molecule has 9 nitrogen and oxygen atoms in total. The van der Waals surface area contributed by atoms with Gasteiger partial charge in [0.25, 0.3) is 0 Å². The molecule has 4 rings (SSSR count). The highest BCUT2D eigenvalue weighted by molar-refractivity contribution is 7.99. The zero-order valence-corrected chi connectivity index (χ0v) is 20.2. The van der Waals surface area contributed by atoms with Gasteiger partial charge in [-0.2, -0.15) is 0 Å². The van der Waals surface area contributed by atoms with Crippen LogP contribution in [-0.2, 0) is 13.0 Å². The molecule has 5 N–H and O–H groups in total. The highest BCUT2D eigenvalue weighted by Gasteiger charge is 2.39. The van der Waals surface area contributed by atoms with Crippen LogP contribution in [0.2, 0.25) is 5.02 Å². The Balaban J connectivity index is 1.55. The molecular weight excluding hydrogens is 462 g/mol. The van der Waals surface area contributed by atoms with Crippen LogP contribution in [0.4, 0.5) is 11.6 Å². The van der Waals surface area contributed by atoms with E-state index in [0.717, 1.165) is 48.7 Å². The Morgan fingerprint density at radius 3 is 2.73 bits per heavy atom. The third kappa shape index (κ3) is 4.93. The van der Waals surface area contributed by atoms with Crippen molar-refractivity contribution in [1.82, 2.24) is 19.9 Å². The first-order valence-electron chi connectivity index (χ1n) is 10.8. The summed E-state index contributed by atoms with van der Waals surface area (Å²) in [6.45, 7) is 5.26. The van der Waals surface area contributed by atoms with Crippen molar-refractivity contribution >= 4 is 35.0 Å². The summed E-state index contributed by atoms with van der Waals surface area (Å²) in [6.07, 6.45) is 7.32. The molecular formula is C22H28ClN7O2S. The number of oxazole rings is 1. The molecule has 1 unspecified atom stereocenters. The minimum atomic E-state index is -0.213. The molecule has 1 saturated heterocycles. The molecule has 0 saturated carbocycles. The summed E-state index contributed by atoms with van der Waals surface area (Å²) in [4.78, 5) is 20.5. The van der Waals surface area contributed by atoms with Gasteiger partial charge in [-0.15, -0.1) is 0 Å². The van der Waals surface area contributed by atoms with Crippen LogP contribution >= 0.6 is 23.4 Å². The lowest BCUT2D eigenvalue weighted by Crippen LogP contribution is -2.50. The standard InChI is InChI=1S/C22H28ClN7O2S/c1-13-21(33-17-3-6-27-19(25)18(17)23)29-16(11-31)20(28-13)30-7-4-22(5-8-30,14(2)24)9-15-10-26-12-32-15/h3,6,10,12,14,31H,4-5,7-9,11,24H2,1-2H3,(H2,25,27). The number of halogens is 1. The minimum absolute atomic E-state index is 0.00575. The predicted octanol–water partition coefficient (Wildman–Crippen LogP) is 3.22. The van der Waals surface area contributed by atoms with Crippen LogP contribution < -0.4 is 16.4 Å². The van der Waals surface area contributed by atoms with Crippen LogP contribution in [0.15, 0.2) is 39.2 Å². The summed E-state index contributed by atoms with van der Waals surface area (Å²) in [5.74, 6) is 1.82. The van der Waals surface area contributed by atoms with Crippen LogP contribution in [0.1, 0.15) is 36.9 Å². The van der Waals surface area contributed by atoms with E-state index < -0.39 is 0 Å². The molecule has 1 fully saturated rings. The van der Waals surface area contributed by atoms with Gasteiger partial charge in [0.2, 0.25) is 0 Å². The van der Waals surface area contributed by atoms with Gasteiger partial charge >= 0.3 is 0 Å². The van der Waals surface area contributed by atoms with Gasteiger partial charge in [-0.3, -0.25) is 0 Å². The Morgan fingerprint density at radius 1 is 1.33 bits per heavy atom. The molecule has 1 atom stereocenters. The third-order valence-corrected chi connectivity index (χ3v) is 8.00. The molecule has 3 aromatic heterocycles. The molecule has 0 spiro atoms. The first kappa shape index (κ1) is 23.7. The maximum Gasteiger partial charge on any atom is 0.180 e. The number of aliphatic hydroxyl groups excluding tert-OH is 1. The van der Waals surface area contributed by atoms with Gasteiger partial charge in [0.15, 0.2) is 12.2 Å². The van der Waals surface area contributed by atoms with Gasteiger partial charge in [0.05, 0.1) is 23.5 Å². The van der Waals surface area contributed by atoms with E-state index >= 15 is 0 Å². The molecule has 11 heteroatoms. The van der Waals surface area contributed by atoms with Crippen LogP contribution in [-0.4, -0.2) is 44.2 Å². The number of rotatable bonds is 7. The van der Waals surface area contributed by atoms with Gasteiger partial charge < -0.3 is 25.9 Å². The minimum Gasteiger partial charge on any atom is -0.449 e. The fourth-order valence-electron chi connectivity index (χ4n) is 4.24. The summed E-state index contributed by atoms with van der Waals surface area (Å²) in [7, 11) is 0. The van der Waals surface area contributed by atoms with E-state index in [0.29, 0.717) is 21.6 Å². The fraction of sp³-hybridized carbons (Fsp3) is 0.455. The number of pyridine rings is 1. The van der Waals surface area contributed by atoms with Crippen molar-refractivity contribution in [2.75, 3.05) is 23.7 Å². The lowest BCUT2D eigenvalue weighted by atomic mass is 9.70. The zero-order chi connectivity index (χ0) is 23.6. The molecule has 1 aliphatic rings. The quantitative estimate of drug-likeness (QED) is 0.453. The van der Waals surface area contributed by atoms with E-state index in [9.17, 15) is 5.11 Å². The van der Waals surface area contributed by atoms with Gasteiger partial charge in [0.1, 0.15) is 22.3 Å². The SMILES string of the molecule is Cc1nc(N2CCC(Cc3cnco3)(C(C)N)CC2)c(CO)nc1Sc1ccnc(N)c1Cl. The summed E-state index contributed by atoms with van der Waals surface area (Å²) in [6, 6.07) is 1.79. The Labute approximate surface area is 202 Å². The number of aromatic nitrogens is 4. The van der Waals surface area contributed by atoms with Gasteiger partial charge in [0, 0.05) is 36.6 Å². The number of hydrogen-bond donors (Lipinski definition) is 3. The zero-order valence-electron chi connectivity index (χ0n) is 18.7. The largest absolute Gasteiger partial charge is 0.449 e. The lowest BCUT2D eigenvalue weighted by molar-refractivity contribution is 0.164. The van der Waals surface area contributed by atoms with Crippen molar-refractivity contribution in [2.45, 2.75) is 55.7 Å². The monoisotopic (exact) mass is 489 g/mol. The smallest absolute Gasteiger partial charge is 0.180 e. The average molecular weight is 490 g/mol. The number of hydrogen-bond acceptors (Lipinski definition) is 10. The topological polar surface area (TPSA) is 140 Å². The van der Waals surface area contributed by atoms with Gasteiger partial charge in [-0.25, -0.2) is 19.9 Å². The molecule has 3 aromatic rings. The van der Waals surface area contributed by atoms with E-state index in [-0.39, 0.29) is 23.9 Å². The Hall–Kier alpha value is -2.40. The number of nitrogens with two attached hydrogens (primary N) is 2. The van der Waals surface area contributed by atoms with Crippen LogP contribution in [0.3, 0.4) is 0 Å². The molecule has 1 aliphatic heterocycles. The molecule has 4 heterocycles. The number of piperidine rings is 1. The highest BCUT2D eigenvalue weighted by Crippen LogP contribution is 2.40. The van der Waals surface area contributed by atoms with E-state index in [1.807, 2.05) is 6.92 Å². The molecule has 33 heavy (non-hydrogen) atoms. The molecule has 0 bridgehead atoms. The Bertz CT molecular complexity index is 1100. The fourth-order valence-corrected chi connectivity index (χ4v) is 5.35. The van der Waals surface area contributed by atoms with Crippen molar-refractivity contribution in [3.8, 4) is 0 Å². The van der Waals surface area contributed by atoms with Crippen molar-refractivity contribution < 1.29 is 9.52 Å². The van der Waals surface area contributed by atoms with Gasteiger partial charge in [-0.1, -0.05) is 23.4 Å². The number of nitrogen functional groups attached to an aromatic ring is 1. The number of anilines is 2. The van der Waals surface area contributed by atoms with Crippen molar-refractivity contribution in [1.29, 1.82) is 0 Å². The normalized spacial score (nSPS) is 16.7. The van der Waals surface area contributed by atoms with Crippen LogP contribution in [0.25, 0.3) is 0 Å². The Kier molecular flexibility index (Phi) is 7.08. The first-order chi connectivity index (χ1) is 15.8. The van der Waals surface area contributed by atoms with Crippen molar-refractivity contribution in [2.24, 2.45) is 11.1 Å². The summed E-state index contributed by atoms with van der Waals surface area (Å²) in [5.41, 5.74) is 13.5. The number of nitrogens with zero attached hydrogens (tertiary/aromatic N) is 5. The van der Waals surface area contributed by atoms with E-state index in [1.54, 1.807) is 18.5 Å². The van der Waals surface area contributed by atoms with E-state index in [4.69, 9.17) is 37.5 Å². The number of aryl methyl sites for hydroxylation is 1.